The van der Waals surface area contributed by atoms with Crippen molar-refractivity contribution in [2.45, 2.75) is 37.2 Å². The Morgan fingerprint density at radius 1 is 1.39 bits per heavy atom. The lowest BCUT2D eigenvalue weighted by Gasteiger charge is -2.38. The van der Waals surface area contributed by atoms with Crippen LogP contribution < -0.4 is 10.6 Å². The summed E-state index contributed by atoms with van der Waals surface area (Å²) < 4.78 is 0. The summed E-state index contributed by atoms with van der Waals surface area (Å²) in [4.78, 5) is 11.5. The summed E-state index contributed by atoms with van der Waals surface area (Å²) in [5.74, 6) is -0.924. The van der Waals surface area contributed by atoms with E-state index in [0.717, 1.165) is 0 Å². The lowest BCUT2D eigenvalue weighted by atomic mass is 9.70. The average Bonchev–Trinajstić information content (AvgIpc) is 2.46. The number of carbonyl (C=O) groups is 1. The van der Waals surface area contributed by atoms with Gasteiger partial charge in [-0.3, -0.25) is 10.1 Å². The fourth-order valence-corrected chi connectivity index (χ4v) is 3.25. The zero-order valence-corrected chi connectivity index (χ0v) is 10.2. The quantitative estimate of drug-likeness (QED) is 0.318. The highest BCUT2D eigenvalue weighted by atomic mass is 16.5. The van der Waals surface area contributed by atoms with Gasteiger partial charge in [0, 0.05) is 18.5 Å². The van der Waals surface area contributed by atoms with Crippen molar-refractivity contribution in [3.8, 4) is 0 Å². The van der Waals surface area contributed by atoms with E-state index in [2.05, 4.69) is 10.6 Å². The lowest BCUT2D eigenvalue weighted by molar-refractivity contribution is -0.147. The van der Waals surface area contributed by atoms with Crippen LogP contribution in [-0.4, -0.2) is 57.6 Å². The number of carboxylic acids is 1. The van der Waals surface area contributed by atoms with Crippen LogP contribution in [0.5, 0.6) is 0 Å². The van der Waals surface area contributed by atoms with E-state index in [1.54, 1.807) is 0 Å². The van der Waals surface area contributed by atoms with Crippen molar-refractivity contribution in [3.05, 3.63) is 0 Å². The molecule has 2 bridgehead atoms. The predicted molar refractivity (Wildman–Crippen MR) is 64.7 cm³/mol. The highest BCUT2D eigenvalue weighted by molar-refractivity contribution is 6.56. The Morgan fingerprint density at radius 2 is 2.11 bits per heavy atom. The van der Waals surface area contributed by atoms with Crippen molar-refractivity contribution >= 4 is 12.7 Å². The largest absolute Gasteiger partial charge is 0.560 e. The molecule has 0 unspecified atom stereocenters. The minimum Gasteiger partial charge on any atom is -0.560 e. The van der Waals surface area contributed by atoms with E-state index in [1.807, 2.05) is 0 Å². The average molecular weight is 259 g/mol. The standard InChI is InChI=1S/C10H20BN2O5/c14-9(15)10-3-5-12-8(6-13-10)7(10)2-1-4-11(16,17)18/h7-8,12-13,16-18H,1-6H2,(H,14,15)/q-1/t7-,8+,10+/m1/s1. The maximum atomic E-state index is 11.5. The molecule has 8 heteroatoms. The second kappa shape index (κ2) is 4.78. The van der Waals surface area contributed by atoms with E-state index in [-0.39, 0.29) is 18.3 Å². The molecule has 0 radical (unpaired) electrons. The third-order valence-corrected chi connectivity index (χ3v) is 4.17. The normalized spacial score (nSPS) is 35.7. The Labute approximate surface area is 105 Å². The molecule has 7 nitrogen and oxygen atoms in total. The zero-order valence-electron chi connectivity index (χ0n) is 10.2. The first-order valence-corrected chi connectivity index (χ1v) is 6.40. The maximum Gasteiger partial charge on any atom is 0.371 e. The van der Waals surface area contributed by atoms with E-state index in [4.69, 9.17) is 15.1 Å². The Bertz CT molecular complexity index is 331. The molecule has 0 aromatic heterocycles. The molecule has 0 aromatic carbocycles. The van der Waals surface area contributed by atoms with Crippen LogP contribution in [0.15, 0.2) is 0 Å². The molecule has 0 aromatic rings. The van der Waals surface area contributed by atoms with Crippen LogP contribution in [0.3, 0.4) is 0 Å². The molecule has 18 heavy (non-hydrogen) atoms. The monoisotopic (exact) mass is 259 g/mol. The van der Waals surface area contributed by atoms with Gasteiger partial charge in [-0.15, -0.1) is 0 Å². The number of piperidine rings is 1. The maximum absolute atomic E-state index is 11.5. The molecule has 0 spiro atoms. The first kappa shape index (κ1) is 13.8. The van der Waals surface area contributed by atoms with Crippen LogP contribution in [-0.2, 0) is 4.79 Å². The van der Waals surface area contributed by atoms with Crippen LogP contribution in [0, 0.1) is 5.92 Å². The van der Waals surface area contributed by atoms with Crippen LogP contribution >= 0.6 is 0 Å². The summed E-state index contributed by atoms with van der Waals surface area (Å²) >= 11 is 0. The van der Waals surface area contributed by atoms with Crippen molar-refractivity contribution in [3.63, 3.8) is 0 Å². The number of aliphatic carboxylic acids is 1. The number of rotatable bonds is 5. The molecule has 3 atom stereocenters. The fourth-order valence-electron chi connectivity index (χ4n) is 3.25. The minimum atomic E-state index is -3.27. The smallest absolute Gasteiger partial charge is 0.371 e. The molecule has 2 rings (SSSR count). The Morgan fingerprint density at radius 3 is 2.72 bits per heavy atom. The van der Waals surface area contributed by atoms with Crippen LogP contribution in [0.1, 0.15) is 19.3 Å². The van der Waals surface area contributed by atoms with E-state index >= 15 is 0 Å². The van der Waals surface area contributed by atoms with Gasteiger partial charge < -0.3 is 25.5 Å². The van der Waals surface area contributed by atoms with Crippen LogP contribution in [0.2, 0.25) is 6.32 Å². The lowest BCUT2D eigenvalue weighted by Crippen LogP contribution is -2.58. The van der Waals surface area contributed by atoms with E-state index in [1.165, 1.54) is 0 Å². The van der Waals surface area contributed by atoms with Gasteiger partial charge in [0.1, 0.15) is 5.54 Å². The van der Waals surface area contributed by atoms with Crippen molar-refractivity contribution in [2.24, 2.45) is 5.92 Å². The predicted octanol–water partition coefficient (Wildman–Crippen LogP) is -1.91. The topological polar surface area (TPSA) is 122 Å². The molecule has 6 N–H and O–H groups in total. The van der Waals surface area contributed by atoms with Gasteiger partial charge in [-0.25, -0.2) is 0 Å². The van der Waals surface area contributed by atoms with Gasteiger partial charge in [-0.05, 0) is 19.4 Å². The highest BCUT2D eigenvalue weighted by Gasteiger charge is 2.55. The van der Waals surface area contributed by atoms with Gasteiger partial charge in [0.2, 0.25) is 0 Å². The van der Waals surface area contributed by atoms with Gasteiger partial charge in [0.15, 0.2) is 0 Å². The molecule has 2 aliphatic heterocycles. The van der Waals surface area contributed by atoms with Gasteiger partial charge in [-0.1, -0.05) is 12.7 Å². The Hall–Kier alpha value is -0.665. The molecule has 104 valence electrons. The number of carboxylic acid groups (broad SMARTS) is 1. The molecular formula is C10H20BN2O5-. The molecule has 2 heterocycles. The van der Waals surface area contributed by atoms with E-state index in [0.29, 0.717) is 32.4 Å². The molecule has 2 saturated heterocycles. The second-order valence-corrected chi connectivity index (χ2v) is 5.40. The summed E-state index contributed by atoms with van der Waals surface area (Å²) in [5, 5.41) is 42.5. The van der Waals surface area contributed by atoms with Crippen molar-refractivity contribution in [2.75, 3.05) is 13.1 Å². The molecular weight excluding hydrogens is 239 g/mol. The fraction of sp³-hybridized carbons (Fsp3) is 0.900. The number of nitrogens with one attached hydrogen (secondary N) is 2. The van der Waals surface area contributed by atoms with Crippen molar-refractivity contribution < 1.29 is 25.0 Å². The Balaban J connectivity index is 2.00. The highest BCUT2D eigenvalue weighted by Crippen LogP contribution is 2.37. The minimum absolute atomic E-state index is 0.0816. The third kappa shape index (κ3) is 2.52. The third-order valence-electron chi connectivity index (χ3n) is 4.17. The summed E-state index contributed by atoms with van der Waals surface area (Å²) in [6.07, 6.45) is 1.35. The summed E-state index contributed by atoms with van der Waals surface area (Å²) in [7, 11) is 0. The van der Waals surface area contributed by atoms with E-state index < -0.39 is 18.3 Å². The second-order valence-electron chi connectivity index (χ2n) is 5.40. The van der Waals surface area contributed by atoms with Gasteiger partial charge in [0.25, 0.3) is 0 Å². The molecule has 0 aliphatic carbocycles. The zero-order chi connectivity index (χ0) is 13.4. The van der Waals surface area contributed by atoms with Gasteiger partial charge in [-0.2, -0.15) is 0 Å². The molecule has 2 fully saturated rings. The summed E-state index contributed by atoms with van der Waals surface area (Å²) in [6, 6.07) is 0.104. The van der Waals surface area contributed by atoms with E-state index in [9.17, 15) is 9.90 Å². The first-order valence-electron chi connectivity index (χ1n) is 6.40. The van der Waals surface area contributed by atoms with Crippen molar-refractivity contribution in [1.82, 2.24) is 10.6 Å². The molecule has 0 saturated carbocycles. The SMILES string of the molecule is O=C(O)[C@@]12CCN[C@@H](CN1)[C@H]2CCC[B-](O)(O)O. The van der Waals surface area contributed by atoms with Crippen LogP contribution in [0.25, 0.3) is 0 Å². The summed E-state index contributed by atoms with van der Waals surface area (Å²) in [5.41, 5.74) is -0.897. The first-order chi connectivity index (χ1) is 8.35. The van der Waals surface area contributed by atoms with Crippen molar-refractivity contribution in [1.29, 1.82) is 0 Å². The molecule has 2 aliphatic rings. The number of hydrogen-bond donors (Lipinski definition) is 6. The van der Waals surface area contributed by atoms with Gasteiger partial charge >= 0.3 is 12.7 Å². The summed E-state index contributed by atoms with van der Waals surface area (Å²) in [6.45, 7) is -1.98. The number of fused-ring (bicyclic) bond motifs is 2. The number of hydrogen-bond acceptors (Lipinski definition) is 6. The Kier molecular flexibility index (Phi) is 3.66. The van der Waals surface area contributed by atoms with Crippen LogP contribution in [0.4, 0.5) is 0 Å². The molecule has 0 amide bonds. The van der Waals surface area contributed by atoms with Gasteiger partial charge in [0.05, 0.1) is 0 Å².